The molecule has 6 nitrogen and oxygen atoms in total. The lowest BCUT2D eigenvalue weighted by Gasteiger charge is -2.24. The molecule has 1 aliphatic heterocycles. The molecule has 0 aliphatic carbocycles. The van der Waals surface area contributed by atoms with Crippen LogP contribution in [0.25, 0.3) is 11.1 Å². The van der Waals surface area contributed by atoms with Gasteiger partial charge in [-0.3, -0.25) is 14.6 Å². The Hall–Kier alpha value is -4.12. The van der Waals surface area contributed by atoms with Crippen molar-refractivity contribution in [2.75, 3.05) is 16.8 Å². The summed E-state index contributed by atoms with van der Waals surface area (Å²) in [6.07, 6.45) is -0.991. The quantitative estimate of drug-likeness (QED) is 0.650. The van der Waals surface area contributed by atoms with E-state index >= 15 is 0 Å². The normalized spacial score (nSPS) is 14.9. The van der Waals surface area contributed by atoms with Crippen molar-refractivity contribution in [1.82, 2.24) is 4.98 Å². The Morgan fingerprint density at radius 2 is 1.94 bits per heavy atom. The highest BCUT2D eigenvalue weighted by Crippen LogP contribution is 2.40. The van der Waals surface area contributed by atoms with Gasteiger partial charge in [0.1, 0.15) is 6.54 Å². The van der Waals surface area contributed by atoms with Gasteiger partial charge in [0, 0.05) is 28.6 Å². The largest absolute Gasteiger partial charge is 0.325 e. The van der Waals surface area contributed by atoms with Crippen molar-refractivity contribution in [2.45, 2.75) is 19.3 Å². The number of hydrogen-bond donors (Lipinski definition) is 1. The average molecular weight is 432 g/mol. The zero-order chi connectivity index (χ0) is 22.8. The summed E-state index contributed by atoms with van der Waals surface area (Å²) in [7, 11) is 0. The van der Waals surface area contributed by atoms with Crippen molar-refractivity contribution in [3.05, 3.63) is 77.6 Å². The van der Waals surface area contributed by atoms with Crippen LogP contribution in [-0.2, 0) is 9.59 Å². The molecule has 0 fully saturated rings. The molecule has 8 heteroatoms. The third-order valence-corrected chi connectivity index (χ3v) is 5.34. The van der Waals surface area contributed by atoms with E-state index in [0.29, 0.717) is 28.2 Å². The van der Waals surface area contributed by atoms with Gasteiger partial charge in [0.05, 0.1) is 28.9 Å². The van der Waals surface area contributed by atoms with E-state index in [4.69, 9.17) is 0 Å². The van der Waals surface area contributed by atoms with E-state index in [1.54, 1.807) is 37.4 Å². The minimum Gasteiger partial charge on any atom is -0.325 e. The van der Waals surface area contributed by atoms with Crippen LogP contribution >= 0.6 is 0 Å². The molecule has 1 atom stereocenters. The standard InChI is InChI=1S/C24H18F2N4O2/c1-14-22-19(3-2-10-28-22)18-9-4-15(12-27)11-20(18)30(24(14)32)13-21(31)29-17-7-5-16(6-8-17)23(25)26/h2-11,14,23H,13H2,1H3,(H,29,31)/t14-/m0/s1. The highest BCUT2D eigenvalue weighted by molar-refractivity contribution is 6.09. The lowest BCUT2D eigenvalue weighted by Crippen LogP contribution is -2.40. The lowest BCUT2D eigenvalue weighted by molar-refractivity contribution is -0.122. The van der Waals surface area contributed by atoms with Crippen molar-refractivity contribution >= 4 is 23.2 Å². The number of aromatic nitrogens is 1. The van der Waals surface area contributed by atoms with Crippen molar-refractivity contribution in [3.8, 4) is 17.2 Å². The molecule has 1 N–H and O–H groups in total. The number of alkyl halides is 2. The summed E-state index contributed by atoms with van der Waals surface area (Å²) in [5.41, 5.74) is 3.03. The molecule has 0 saturated carbocycles. The topological polar surface area (TPSA) is 86.1 Å². The Morgan fingerprint density at radius 3 is 2.62 bits per heavy atom. The zero-order valence-electron chi connectivity index (χ0n) is 17.0. The average Bonchev–Trinajstić information content (AvgIpc) is 2.89. The second-order valence-electron chi connectivity index (χ2n) is 7.40. The van der Waals surface area contributed by atoms with E-state index in [0.717, 1.165) is 5.56 Å². The van der Waals surface area contributed by atoms with Crippen LogP contribution in [-0.4, -0.2) is 23.3 Å². The van der Waals surface area contributed by atoms with Gasteiger partial charge in [0.25, 0.3) is 6.43 Å². The summed E-state index contributed by atoms with van der Waals surface area (Å²) < 4.78 is 25.5. The van der Waals surface area contributed by atoms with Crippen molar-refractivity contribution in [3.63, 3.8) is 0 Å². The lowest BCUT2D eigenvalue weighted by atomic mass is 9.97. The smallest absolute Gasteiger partial charge is 0.263 e. The van der Waals surface area contributed by atoms with E-state index in [9.17, 15) is 23.6 Å². The molecule has 2 heterocycles. The first-order valence-electron chi connectivity index (χ1n) is 9.88. The molecule has 0 bridgehead atoms. The van der Waals surface area contributed by atoms with Crippen molar-refractivity contribution in [1.29, 1.82) is 5.26 Å². The summed E-state index contributed by atoms with van der Waals surface area (Å²) in [5.74, 6) is -1.44. The fourth-order valence-corrected chi connectivity index (χ4v) is 3.73. The number of amides is 2. The summed E-state index contributed by atoms with van der Waals surface area (Å²) in [6.45, 7) is 1.41. The maximum atomic E-state index is 13.3. The predicted octanol–water partition coefficient (Wildman–Crippen LogP) is 4.65. The van der Waals surface area contributed by atoms with E-state index < -0.39 is 18.3 Å². The number of carbonyl (C=O) groups is 2. The molecular formula is C24H18F2N4O2. The summed E-state index contributed by atoms with van der Waals surface area (Å²) in [6, 6.07) is 15.9. The van der Waals surface area contributed by atoms with Gasteiger partial charge in [-0.1, -0.05) is 24.3 Å². The van der Waals surface area contributed by atoms with Crippen LogP contribution < -0.4 is 10.2 Å². The predicted molar refractivity (Wildman–Crippen MR) is 115 cm³/mol. The number of fused-ring (bicyclic) bond motifs is 3. The highest BCUT2D eigenvalue weighted by atomic mass is 19.3. The number of nitrogens with zero attached hydrogens (tertiary/aromatic N) is 3. The van der Waals surface area contributed by atoms with E-state index in [2.05, 4.69) is 16.4 Å². The number of anilines is 2. The van der Waals surface area contributed by atoms with Gasteiger partial charge in [-0.15, -0.1) is 0 Å². The van der Waals surface area contributed by atoms with Gasteiger partial charge in [0.2, 0.25) is 11.8 Å². The molecule has 0 saturated heterocycles. The number of benzene rings is 2. The Labute approximate surface area is 183 Å². The van der Waals surface area contributed by atoms with Crippen molar-refractivity contribution in [2.24, 2.45) is 0 Å². The molecule has 4 rings (SSSR count). The van der Waals surface area contributed by atoms with Crippen LogP contribution in [0, 0.1) is 11.3 Å². The second-order valence-corrected chi connectivity index (χ2v) is 7.40. The summed E-state index contributed by atoms with van der Waals surface area (Å²) in [4.78, 5) is 31.8. The fourth-order valence-electron chi connectivity index (χ4n) is 3.73. The van der Waals surface area contributed by atoms with E-state index in [1.807, 2.05) is 6.07 Å². The summed E-state index contributed by atoms with van der Waals surface area (Å²) in [5, 5.41) is 12.0. The van der Waals surface area contributed by atoms with Gasteiger partial charge in [-0.2, -0.15) is 5.26 Å². The Morgan fingerprint density at radius 1 is 1.19 bits per heavy atom. The molecule has 2 amide bonds. The van der Waals surface area contributed by atoms with Crippen LogP contribution in [0.5, 0.6) is 0 Å². The molecule has 1 aromatic heterocycles. The minimum absolute atomic E-state index is 0.150. The molecule has 2 aromatic carbocycles. The maximum absolute atomic E-state index is 13.3. The first-order chi connectivity index (χ1) is 15.4. The van der Waals surface area contributed by atoms with Crippen LogP contribution in [0.3, 0.4) is 0 Å². The summed E-state index contributed by atoms with van der Waals surface area (Å²) >= 11 is 0. The molecule has 160 valence electrons. The zero-order valence-corrected chi connectivity index (χ0v) is 17.0. The van der Waals surface area contributed by atoms with Gasteiger partial charge in [-0.05, 0) is 37.3 Å². The maximum Gasteiger partial charge on any atom is 0.263 e. The van der Waals surface area contributed by atoms with Gasteiger partial charge in [-0.25, -0.2) is 8.78 Å². The number of hydrogen-bond acceptors (Lipinski definition) is 4. The number of nitriles is 1. The first-order valence-corrected chi connectivity index (χ1v) is 9.88. The molecule has 0 unspecified atom stereocenters. The third-order valence-electron chi connectivity index (χ3n) is 5.34. The fraction of sp³-hybridized carbons (Fsp3) is 0.167. The first kappa shape index (κ1) is 21.1. The Bertz CT molecular complexity index is 1240. The number of nitrogens with one attached hydrogen (secondary N) is 1. The van der Waals surface area contributed by atoms with Crippen LogP contribution in [0.15, 0.2) is 60.8 Å². The monoisotopic (exact) mass is 432 g/mol. The van der Waals surface area contributed by atoms with Gasteiger partial charge < -0.3 is 10.2 Å². The number of carbonyl (C=O) groups excluding carboxylic acids is 2. The van der Waals surface area contributed by atoms with Gasteiger partial charge in [0.15, 0.2) is 0 Å². The van der Waals surface area contributed by atoms with Gasteiger partial charge >= 0.3 is 0 Å². The molecule has 3 aromatic rings. The molecule has 0 radical (unpaired) electrons. The van der Waals surface area contributed by atoms with Crippen LogP contribution in [0.2, 0.25) is 0 Å². The minimum atomic E-state index is -2.60. The van der Waals surface area contributed by atoms with Crippen molar-refractivity contribution < 1.29 is 18.4 Å². The van der Waals surface area contributed by atoms with E-state index in [-0.39, 0.29) is 18.0 Å². The van der Waals surface area contributed by atoms with Crippen LogP contribution in [0.1, 0.15) is 36.1 Å². The molecule has 32 heavy (non-hydrogen) atoms. The molecule has 1 aliphatic rings. The molecular weight excluding hydrogens is 414 g/mol. The number of halogens is 2. The van der Waals surface area contributed by atoms with E-state index in [1.165, 1.54) is 29.2 Å². The third kappa shape index (κ3) is 3.93. The Kier molecular flexibility index (Phi) is 5.65. The molecule has 0 spiro atoms. The second kappa shape index (κ2) is 8.55. The van der Waals surface area contributed by atoms with Crippen LogP contribution in [0.4, 0.5) is 20.2 Å². The SMILES string of the molecule is C[C@@H]1C(=O)N(CC(=O)Nc2ccc(C(F)F)cc2)c2cc(C#N)ccc2-c2cccnc21. The number of rotatable bonds is 4. The highest BCUT2D eigenvalue weighted by Gasteiger charge is 2.33. The Balaban J connectivity index is 1.68. The number of pyridine rings is 1.